The van der Waals surface area contributed by atoms with Gasteiger partial charge in [0.15, 0.2) is 29.5 Å². The van der Waals surface area contributed by atoms with Crippen molar-refractivity contribution >= 4 is 28.1 Å². The number of azo groups is 1. The molecule has 2 atom stereocenters. The number of nitrogens with one attached hydrogen (secondary N) is 1. The van der Waals surface area contributed by atoms with Gasteiger partial charge >= 0.3 is 0 Å². The van der Waals surface area contributed by atoms with E-state index in [0.29, 0.717) is 45.3 Å². The van der Waals surface area contributed by atoms with Crippen LogP contribution >= 0.6 is 0 Å². The summed E-state index contributed by atoms with van der Waals surface area (Å²) in [4.78, 5) is 23.1. The highest BCUT2D eigenvalue weighted by atomic mass is 16.5. The SMILES string of the molecule is COc1cc(C2Oc3ccccc3N=C(Nn3c(C)nc4ccccc4c3=O)C2N=Nc2ccccc2)ccc1O. The number of phenols is 1. The zero-order chi connectivity index (χ0) is 28.3. The van der Waals surface area contributed by atoms with Crippen LogP contribution in [0.5, 0.6) is 17.2 Å². The molecule has 0 fully saturated rings. The number of ether oxygens (including phenoxy) is 2. The number of aromatic nitrogens is 2. The first kappa shape index (κ1) is 25.8. The van der Waals surface area contributed by atoms with Gasteiger partial charge in [-0.2, -0.15) is 10.2 Å². The van der Waals surface area contributed by atoms with Gasteiger partial charge in [0.2, 0.25) is 0 Å². The summed E-state index contributed by atoms with van der Waals surface area (Å²) in [6.07, 6.45) is -0.767. The van der Waals surface area contributed by atoms with E-state index < -0.39 is 12.1 Å². The van der Waals surface area contributed by atoms with Crippen LogP contribution in [0.2, 0.25) is 0 Å². The highest BCUT2D eigenvalue weighted by molar-refractivity contribution is 5.98. The molecular formula is C31H26N6O4. The smallest absolute Gasteiger partial charge is 0.280 e. The van der Waals surface area contributed by atoms with Crippen LogP contribution in [-0.2, 0) is 0 Å². The molecule has 0 saturated heterocycles. The first-order valence-corrected chi connectivity index (χ1v) is 12.9. The molecule has 1 aliphatic rings. The Kier molecular flexibility index (Phi) is 6.87. The number of hydrogen-bond donors (Lipinski definition) is 2. The molecule has 0 aliphatic carbocycles. The quantitative estimate of drug-likeness (QED) is 0.262. The minimum atomic E-state index is -0.852. The van der Waals surface area contributed by atoms with Gasteiger partial charge in [-0.15, -0.1) is 0 Å². The summed E-state index contributed by atoms with van der Waals surface area (Å²) in [6, 6.07) is 27.9. The normalized spacial score (nSPS) is 16.5. The van der Waals surface area contributed by atoms with Crippen molar-refractivity contribution in [3.05, 3.63) is 119 Å². The fourth-order valence-corrected chi connectivity index (χ4v) is 4.63. The fraction of sp³-hybridized carbons (Fsp3) is 0.129. The lowest BCUT2D eigenvalue weighted by molar-refractivity contribution is 0.197. The first-order valence-electron chi connectivity index (χ1n) is 12.9. The molecule has 5 aromatic rings. The zero-order valence-corrected chi connectivity index (χ0v) is 22.3. The van der Waals surface area contributed by atoms with Crippen LogP contribution in [0, 0.1) is 6.92 Å². The molecule has 0 amide bonds. The van der Waals surface area contributed by atoms with Gasteiger partial charge in [-0.25, -0.2) is 14.7 Å². The Morgan fingerprint density at radius 3 is 2.56 bits per heavy atom. The van der Waals surface area contributed by atoms with Crippen LogP contribution in [0.25, 0.3) is 10.9 Å². The molecule has 0 spiro atoms. The molecule has 10 nitrogen and oxygen atoms in total. The lowest BCUT2D eigenvalue weighted by Crippen LogP contribution is -2.42. The summed E-state index contributed by atoms with van der Waals surface area (Å²) in [7, 11) is 1.48. The second-order valence-electron chi connectivity index (χ2n) is 9.36. The molecule has 2 unspecified atom stereocenters. The molecule has 0 radical (unpaired) electrons. The topological polar surface area (TPSA) is 123 Å². The van der Waals surface area contributed by atoms with E-state index in [1.165, 1.54) is 17.9 Å². The number of aryl methyl sites for hydroxylation is 1. The predicted octanol–water partition coefficient (Wildman–Crippen LogP) is 5.98. The molecule has 1 aliphatic heterocycles. The van der Waals surface area contributed by atoms with Crippen LogP contribution in [0.4, 0.5) is 11.4 Å². The minimum absolute atomic E-state index is 0.0100. The van der Waals surface area contributed by atoms with E-state index in [-0.39, 0.29) is 17.1 Å². The molecular weight excluding hydrogens is 520 g/mol. The average Bonchev–Trinajstić information content (AvgIpc) is 3.15. The average molecular weight is 547 g/mol. The van der Waals surface area contributed by atoms with E-state index in [1.54, 1.807) is 37.3 Å². The second-order valence-corrected chi connectivity index (χ2v) is 9.36. The van der Waals surface area contributed by atoms with Crippen molar-refractivity contribution in [1.82, 2.24) is 9.66 Å². The maximum atomic E-state index is 13.6. The Balaban J connectivity index is 1.54. The largest absolute Gasteiger partial charge is 0.504 e. The van der Waals surface area contributed by atoms with Crippen molar-refractivity contribution in [2.75, 3.05) is 12.5 Å². The van der Waals surface area contributed by atoms with Gasteiger partial charge in [0.1, 0.15) is 17.3 Å². The van der Waals surface area contributed by atoms with Crippen LogP contribution in [0.1, 0.15) is 17.5 Å². The van der Waals surface area contributed by atoms with E-state index >= 15 is 0 Å². The van der Waals surface area contributed by atoms with Crippen LogP contribution in [0.3, 0.4) is 0 Å². The van der Waals surface area contributed by atoms with Crippen LogP contribution in [0.15, 0.2) is 117 Å². The summed E-state index contributed by atoms with van der Waals surface area (Å²) in [5.74, 6) is 1.54. The Morgan fingerprint density at radius 1 is 0.976 bits per heavy atom. The number of fused-ring (bicyclic) bond motifs is 2. The van der Waals surface area contributed by atoms with Crippen molar-refractivity contribution < 1.29 is 14.6 Å². The third kappa shape index (κ3) is 5.10. The first-order chi connectivity index (χ1) is 20.0. The highest BCUT2D eigenvalue weighted by Crippen LogP contribution is 2.39. The number of nitrogens with zero attached hydrogens (tertiary/aromatic N) is 5. The van der Waals surface area contributed by atoms with Gasteiger partial charge in [-0.3, -0.25) is 10.2 Å². The number of amidine groups is 1. The number of hydrogen-bond acceptors (Lipinski definition) is 9. The van der Waals surface area contributed by atoms with Crippen molar-refractivity contribution in [2.45, 2.75) is 19.1 Å². The van der Waals surface area contributed by atoms with Gasteiger partial charge < -0.3 is 14.6 Å². The molecule has 0 bridgehead atoms. The summed E-state index contributed by atoms with van der Waals surface area (Å²) < 4.78 is 13.3. The molecule has 0 saturated carbocycles. The molecule has 6 rings (SSSR count). The standard InChI is InChI=1S/C31H26N6O4/c1-19-32-23-13-7-6-12-22(23)31(39)37(19)36-30-28(35-34-21-10-4-3-5-11-21)29(20-16-17-25(38)27(18-20)40-2)41-26-15-9-8-14-24(26)33-30/h3-18,28-29,38H,1-2H3,(H,33,36). The van der Waals surface area contributed by atoms with E-state index in [9.17, 15) is 9.90 Å². The summed E-state index contributed by atoms with van der Waals surface area (Å²) in [5, 5.41) is 19.9. The van der Waals surface area contributed by atoms with Gasteiger partial charge in [0.05, 0.1) is 23.7 Å². The molecule has 10 heteroatoms. The monoisotopic (exact) mass is 546 g/mol. The number of para-hydroxylation sites is 3. The van der Waals surface area contributed by atoms with Crippen molar-refractivity contribution in [1.29, 1.82) is 0 Å². The van der Waals surface area contributed by atoms with Crippen LogP contribution < -0.4 is 20.5 Å². The van der Waals surface area contributed by atoms with E-state index in [1.807, 2.05) is 60.7 Å². The van der Waals surface area contributed by atoms with E-state index in [4.69, 9.17) is 19.6 Å². The summed E-state index contributed by atoms with van der Waals surface area (Å²) >= 11 is 0. The van der Waals surface area contributed by atoms with Crippen molar-refractivity contribution in [3.8, 4) is 17.2 Å². The minimum Gasteiger partial charge on any atom is -0.504 e. The third-order valence-corrected chi connectivity index (χ3v) is 6.68. The predicted molar refractivity (Wildman–Crippen MR) is 156 cm³/mol. The van der Waals surface area contributed by atoms with E-state index in [2.05, 4.69) is 15.5 Å². The maximum absolute atomic E-state index is 13.6. The van der Waals surface area contributed by atoms with Crippen molar-refractivity contribution in [2.24, 2.45) is 15.2 Å². The summed E-state index contributed by atoms with van der Waals surface area (Å²) in [5.41, 5.74) is 5.34. The van der Waals surface area contributed by atoms with Gasteiger partial charge in [0, 0.05) is 0 Å². The zero-order valence-electron chi connectivity index (χ0n) is 22.3. The Bertz CT molecular complexity index is 1850. The molecule has 2 heterocycles. The number of aromatic hydroxyl groups is 1. The Morgan fingerprint density at radius 2 is 1.73 bits per heavy atom. The molecule has 4 aromatic carbocycles. The number of aliphatic imine (C=N–C) groups is 1. The third-order valence-electron chi connectivity index (χ3n) is 6.68. The number of rotatable bonds is 5. The van der Waals surface area contributed by atoms with Gasteiger partial charge in [-0.05, 0) is 61.0 Å². The Labute approximate surface area is 235 Å². The summed E-state index contributed by atoms with van der Waals surface area (Å²) in [6.45, 7) is 1.74. The molecule has 1 aromatic heterocycles. The van der Waals surface area contributed by atoms with E-state index in [0.717, 1.165) is 0 Å². The number of benzene rings is 4. The second kappa shape index (κ2) is 10.9. The van der Waals surface area contributed by atoms with Crippen molar-refractivity contribution in [3.63, 3.8) is 0 Å². The number of phenolic OH excluding ortho intramolecular Hbond substituents is 1. The Hall–Kier alpha value is -5.51. The fourth-order valence-electron chi connectivity index (χ4n) is 4.63. The van der Waals surface area contributed by atoms with Gasteiger partial charge in [0.25, 0.3) is 5.56 Å². The lowest BCUT2D eigenvalue weighted by atomic mass is 10.0. The number of methoxy groups -OCH3 is 1. The molecule has 41 heavy (non-hydrogen) atoms. The maximum Gasteiger partial charge on any atom is 0.280 e. The van der Waals surface area contributed by atoms with Crippen LogP contribution in [-0.4, -0.2) is 33.8 Å². The molecule has 2 N–H and O–H groups in total. The van der Waals surface area contributed by atoms with Gasteiger partial charge in [-0.1, -0.05) is 48.5 Å². The lowest BCUT2D eigenvalue weighted by Gasteiger charge is -2.25. The highest BCUT2D eigenvalue weighted by Gasteiger charge is 2.35. The molecule has 204 valence electrons.